The van der Waals surface area contributed by atoms with Gasteiger partial charge in [-0.05, 0) is 45.4 Å². The maximum atomic E-state index is 11.7. The molecule has 0 fully saturated rings. The molecule has 0 aromatic rings. The van der Waals surface area contributed by atoms with Gasteiger partial charge in [0.2, 0.25) is 0 Å². The van der Waals surface area contributed by atoms with E-state index in [9.17, 15) is 4.79 Å². The summed E-state index contributed by atoms with van der Waals surface area (Å²) in [4.78, 5) is 11.7. The second-order valence-electron chi connectivity index (χ2n) is 5.61. The molecule has 0 saturated carbocycles. The summed E-state index contributed by atoms with van der Waals surface area (Å²) in [6.07, 6.45) is 3.00. The van der Waals surface area contributed by atoms with Crippen LogP contribution in [-0.4, -0.2) is 12.6 Å². The van der Waals surface area contributed by atoms with Gasteiger partial charge in [0.15, 0.2) is 0 Å². The zero-order valence-electron chi connectivity index (χ0n) is 11.6. The van der Waals surface area contributed by atoms with E-state index in [0.717, 1.165) is 30.4 Å². The minimum Gasteiger partial charge on any atom is -0.463 e. The second kappa shape index (κ2) is 6.72. The highest BCUT2D eigenvalue weighted by atomic mass is 16.5. The molecule has 2 heteroatoms. The molecule has 0 aliphatic heterocycles. The summed E-state index contributed by atoms with van der Waals surface area (Å²) in [5.74, 6) is -0.142. The van der Waals surface area contributed by atoms with E-state index in [1.54, 1.807) is 0 Å². The van der Waals surface area contributed by atoms with Crippen LogP contribution >= 0.6 is 0 Å². The largest absolute Gasteiger partial charge is 0.463 e. The molecule has 0 spiro atoms. The third kappa shape index (κ3) is 6.65. The van der Waals surface area contributed by atoms with Crippen LogP contribution in [0.25, 0.3) is 0 Å². The van der Waals surface area contributed by atoms with E-state index in [-0.39, 0.29) is 5.97 Å². The van der Waals surface area contributed by atoms with Gasteiger partial charge in [0, 0.05) is 5.57 Å². The monoisotopic (exact) mass is 226 g/mol. The van der Waals surface area contributed by atoms with Crippen molar-refractivity contribution in [1.82, 2.24) is 0 Å². The molecule has 0 rings (SSSR count). The Bertz CT molecular complexity index is 252. The van der Waals surface area contributed by atoms with E-state index in [1.165, 1.54) is 0 Å². The first kappa shape index (κ1) is 15.2. The van der Waals surface area contributed by atoms with Gasteiger partial charge in [-0.2, -0.15) is 0 Å². The molecule has 0 heterocycles. The number of carbonyl (C=O) groups is 1. The summed E-state index contributed by atoms with van der Waals surface area (Å²) in [6.45, 7) is 12.9. The van der Waals surface area contributed by atoms with Crippen LogP contribution in [0.2, 0.25) is 0 Å². The topological polar surface area (TPSA) is 26.3 Å². The number of esters is 1. The number of allylic oxidation sites excluding steroid dienone is 1. The first-order valence-electron chi connectivity index (χ1n) is 6.11. The van der Waals surface area contributed by atoms with Crippen molar-refractivity contribution < 1.29 is 9.53 Å². The van der Waals surface area contributed by atoms with Gasteiger partial charge < -0.3 is 4.74 Å². The van der Waals surface area contributed by atoms with E-state index in [4.69, 9.17) is 4.74 Å². The average molecular weight is 226 g/mol. The fraction of sp³-hybridized carbons (Fsp3) is 0.786. The van der Waals surface area contributed by atoms with Gasteiger partial charge >= 0.3 is 5.97 Å². The Kier molecular flexibility index (Phi) is 6.39. The predicted molar refractivity (Wildman–Crippen MR) is 68.3 cm³/mol. The van der Waals surface area contributed by atoms with Gasteiger partial charge in [-0.15, -0.1) is 0 Å². The Morgan fingerprint density at radius 3 is 2.12 bits per heavy atom. The second-order valence-corrected chi connectivity index (χ2v) is 5.61. The molecule has 0 aliphatic rings. The van der Waals surface area contributed by atoms with Gasteiger partial charge in [0.05, 0.1) is 6.61 Å². The lowest BCUT2D eigenvalue weighted by Crippen LogP contribution is -2.11. The number of carbonyl (C=O) groups excluding carboxylic acids is 1. The maximum Gasteiger partial charge on any atom is 0.333 e. The number of hydrogen-bond acceptors (Lipinski definition) is 2. The molecule has 94 valence electrons. The summed E-state index contributed by atoms with van der Waals surface area (Å²) in [7, 11) is 0. The molecule has 16 heavy (non-hydrogen) atoms. The van der Waals surface area contributed by atoms with Crippen LogP contribution in [0.1, 0.15) is 60.8 Å². The Morgan fingerprint density at radius 2 is 1.75 bits per heavy atom. The predicted octanol–water partition coefficient (Wildman–Crippen LogP) is 4.10. The molecule has 0 amide bonds. The summed E-state index contributed by atoms with van der Waals surface area (Å²) >= 11 is 0. The quantitative estimate of drug-likeness (QED) is 0.521. The van der Waals surface area contributed by atoms with Crippen LogP contribution in [0.4, 0.5) is 0 Å². The third-order valence-corrected chi connectivity index (χ3v) is 2.48. The van der Waals surface area contributed by atoms with E-state index in [2.05, 4.69) is 20.8 Å². The lowest BCUT2D eigenvalue weighted by Gasteiger charge is -2.18. The molecule has 0 radical (unpaired) electrons. The Hall–Kier alpha value is -0.790. The van der Waals surface area contributed by atoms with Crippen LogP contribution < -0.4 is 0 Å². The summed E-state index contributed by atoms with van der Waals surface area (Å²) in [5, 5.41) is 0. The molecular weight excluding hydrogens is 200 g/mol. The minimum absolute atomic E-state index is 0.142. The zero-order chi connectivity index (χ0) is 12.8. The van der Waals surface area contributed by atoms with Crippen LogP contribution in [-0.2, 0) is 9.53 Å². The highest BCUT2D eigenvalue weighted by Gasteiger charge is 2.15. The summed E-state index contributed by atoms with van der Waals surface area (Å²) < 4.78 is 5.05. The Labute approximate surface area is 100 Å². The van der Waals surface area contributed by atoms with Crippen molar-refractivity contribution in [3.8, 4) is 0 Å². The van der Waals surface area contributed by atoms with E-state index < -0.39 is 0 Å². The van der Waals surface area contributed by atoms with Crippen LogP contribution in [0.5, 0.6) is 0 Å². The van der Waals surface area contributed by atoms with Gasteiger partial charge in [-0.3, -0.25) is 0 Å². The summed E-state index contributed by atoms with van der Waals surface area (Å²) in [5.41, 5.74) is 2.26. The van der Waals surface area contributed by atoms with E-state index >= 15 is 0 Å². The summed E-state index contributed by atoms with van der Waals surface area (Å²) in [6, 6.07) is 0. The third-order valence-electron chi connectivity index (χ3n) is 2.48. The van der Waals surface area contributed by atoms with Gasteiger partial charge in [0.1, 0.15) is 0 Å². The SMILES string of the molecule is CCOC(=O)C(CCCC(C)(C)C)=C(C)C. The fourth-order valence-corrected chi connectivity index (χ4v) is 1.57. The van der Waals surface area contributed by atoms with Crippen LogP contribution in [0.3, 0.4) is 0 Å². The van der Waals surface area contributed by atoms with Crippen molar-refractivity contribution in [3.05, 3.63) is 11.1 Å². The molecule has 0 bridgehead atoms. The van der Waals surface area contributed by atoms with Crippen LogP contribution in [0, 0.1) is 5.41 Å². The zero-order valence-corrected chi connectivity index (χ0v) is 11.6. The van der Waals surface area contributed by atoms with E-state index in [0.29, 0.717) is 12.0 Å². The first-order valence-corrected chi connectivity index (χ1v) is 6.11. The Morgan fingerprint density at radius 1 is 1.19 bits per heavy atom. The van der Waals surface area contributed by atoms with Crippen LogP contribution in [0.15, 0.2) is 11.1 Å². The lowest BCUT2D eigenvalue weighted by molar-refractivity contribution is -0.138. The fourth-order valence-electron chi connectivity index (χ4n) is 1.57. The van der Waals surface area contributed by atoms with Crippen molar-refractivity contribution in [3.63, 3.8) is 0 Å². The van der Waals surface area contributed by atoms with Crippen molar-refractivity contribution in [2.24, 2.45) is 5.41 Å². The molecule has 0 saturated heterocycles. The number of ether oxygens (including phenoxy) is 1. The molecule has 0 N–H and O–H groups in total. The smallest absolute Gasteiger partial charge is 0.333 e. The molecule has 0 aromatic carbocycles. The highest BCUT2D eigenvalue weighted by Crippen LogP contribution is 2.24. The minimum atomic E-state index is -0.142. The number of hydrogen-bond donors (Lipinski definition) is 0. The first-order chi connectivity index (χ1) is 7.28. The van der Waals surface area contributed by atoms with Gasteiger partial charge in [0.25, 0.3) is 0 Å². The van der Waals surface area contributed by atoms with Crippen molar-refractivity contribution in [2.45, 2.75) is 60.8 Å². The van der Waals surface area contributed by atoms with Gasteiger partial charge in [-0.1, -0.05) is 26.3 Å². The molecule has 0 atom stereocenters. The standard InChI is InChI=1S/C14H26O2/c1-7-16-13(15)12(11(2)3)9-8-10-14(4,5)6/h7-10H2,1-6H3. The average Bonchev–Trinajstić information content (AvgIpc) is 2.10. The molecule has 0 unspecified atom stereocenters. The number of rotatable bonds is 5. The van der Waals surface area contributed by atoms with Crippen molar-refractivity contribution in [2.75, 3.05) is 6.61 Å². The molecule has 0 aliphatic carbocycles. The van der Waals surface area contributed by atoms with Crippen molar-refractivity contribution >= 4 is 5.97 Å². The highest BCUT2D eigenvalue weighted by molar-refractivity contribution is 5.89. The van der Waals surface area contributed by atoms with Crippen molar-refractivity contribution in [1.29, 1.82) is 0 Å². The Balaban J connectivity index is 4.29. The van der Waals surface area contributed by atoms with Gasteiger partial charge in [-0.25, -0.2) is 4.79 Å². The van der Waals surface area contributed by atoms with E-state index in [1.807, 2.05) is 20.8 Å². The lowest BCUT2D eigenvalue weighted by atomic mass is 9.88. The molecule has 0 aromatic heterocycles. The molecule has 2 nitrogen and oxygen atoms in total. The normalized spacial score (nSPS) is 11.1. The molecular formula is C14H26O2. The maximum absolute atomic E-state index is 11.7.